The van der Waals surface area contributed by atoms with E-state index in [0.717, 1.165) is 24.0 Å². The Balaban J connectivity index is 1.68. The number of para-hydroxylation sites is 1. The average molecular weight is 453 g/mol. The minimum Gasteiger partial charge on any atom is -0.489 e. The van der Waals surface area contributed by atoms with E-state index in [1.54, 1.807) is 4.68 Å². The Morgan fingerprint density at radius 3 is 2.75 bits per heavy atom. The molecule has 2 aromatic carbocycles. The van der Waals surface area contributed by atoms with E-state index >= 15 is 0 Å². The zero-order valence-corrected chi connectivity index (χ0v) is 18.8. The van der Waals surface area contributed by atoms with Gasteiger partial charge in [-0.2, -0.15) is 10.1 Å². The van der Waals surface area contributed by atoms with Gasteiger partial charge in [0.2, 0.25) is 5.95 Å². The van der Waals surface area contributed by atoms with Gasteiger partial charge in [0, 0.05) is 16.3 Å². The Hall–Kier alpha value is -3.32. The Bertz CT molecular complexity index is 1120. The number of anilines is 1. The molecule has 166 valence electrons. The van der Waals surface area contributed by atoms with E-state index in [2.05, 4.69) is 22.3 Å². The summed E-state index contributed by atoms with van der Waals surface area (Å²) in [5.41, 5.74) is 2.96. The van der Waals surface area contributed by atoms with Gasteiger partial charge in [-0.3, -0.25) is 0 Å². The summed E-state index contributed by atoms with van der Waals surface area (Å²) in [5, 5.41) is 8.21. The molecule has 0 spiro atoms. The second-order valence-electron chi connectivity index (χ2n) is 7.54. The van der Waals surface area contributed by atoms with Gasteiger partial charge in [0.1, 0.15) is 24.7 Å². The third-order valence-corrected chi connectivity index (χ3v) is 5.52. The molecule has 1 aliphatic rings. The van der Waals surface area contributed by atoms with E-state index in [0.29, 0.717) is 41.2 Å². The minimum atomic E-state index is -0.524. The number of hydrogen-bond acceptors (Lipinski definition) is 6. The minimum absolute atomic E-state index is 0.363. The highest BCUT2D eigenvalue weighted by molar-refractivity contribution is 6.30. The second kappa shape index (κ2) is 9.87. The molecular formula is C24H25ClN4O3. The van der Waals surface area contributed by atoms with Gasteiger partial charge in [0.25, 0.3) is 0 Å². The number of nitrogens with one attached hydrogen (secondary N) is 1. The summed E-state index contributed by atoms with van der Waals surface area (Å²) in [6.07, 6.45) is 3.22. The number of aromatic nitrogens is 3. The first-order valence-corrected chi connectivity index (χ1v) is 11.0. The Morgan fingerprint density at radius 1 is 1.19 bits per heavy atom. The average Bonchev–Trinajstić information content (AvgIpc) is 3.26. The highest BCUT2D eigenvalue weighted by Crippen LogP contribution is 2.39. The van der Waals surface area contributed by atoms with Gasteiger partial charge in [-0.1, -0.05) is 55.3 Å². The zero-order chi connectivity index (χ0) is 22.5. The van der Waals surface area contributed by atoms with E-state index in [1.807, 2.05) is 55.5 Å². The van der Waals surface area contributed by atoms with Crippen LogP contribution in [0.15, 0.2) is 66.1 Å². The third-order valence-electron chi connectivity index (χ3n) is 5.27. The van der Waals surface area contributed by atoms with Crippen LogP contribution in [0.25, 0.3) is 0 Å². The van der Waals surface area contributed by atoms with Crippen LogP contribution in [0.2, 0.25) is 5.02 Å². The van der Waals surface area contributed by atoms with Gasteiger partial charge in [0.05, 0.1) is 12.2 Å². The normalized spacial score (nSPS) is 15.2. The molecule has 0 saturated carbocycles. The van der Waals surface area contributed by atoms with Crippen LogP contribution >= 0.6 is 11.6 Å². The van der Waals surface area contributed by atoms with E-state index in [1.165, 1.54) is 6.33 Å². The zero-order valence-electron chi connectivity index (χ0n) is 18.0. The van der Waals surface area contributed by atoms with Crippen LogP contribution in [0.3, 0.4) is 0 Å². The standard InChI is InChI=1S/C24H25ClN4O3/c1-3-4-13-31-23(30)21-16(2)28-24-26-15-27-29(24)22(21)19-7-5-6-8-20(19)32-14-17-9-11-18(25)12-10-17/h5-12,15,22H,3-4,13-14H2,1-2H3,(H,26,27,28). The maximum absolute atomic E-state index is 13.1. The monoisotopic (exact) mass is 452 g/mol. The number of esters is 1. The van der Waals surface area contributed by atoms with Crippen molar-refractivity contribution >= 4 is 23.5 Å². The number of carbonyl (C=O) groups excluding carboxylic acids is 1. The summed E-state index contributed by atoms with van der Waals surface area (Å²) < 4.78 is 13.4. The summed E-state index contributed by atoms with van der Waals surface area (Å²) in [5.74, 6) is 0.842. The molecule has 1 N–H and O–H groups in total. The fraction of sp³-hybridized carbons (Fsp3) is 0.292. The fourth-order valence-electron chi connectivity index (χ4n) is 3.61. The highest BCUT2D eigenvalue weighted by Gasteiger charge is 2.35. The summed E-state index contributed by atoms with van der Waals surface area (Å²) in [6.45, 7) is 4.64. The molecule has 0 fully saturated rings. The third kappa shape index (κ3) is 4.62. The van der Waals surface area contributed by atoms with Gasteiger partial charge in [-0.15, -0.1) is 0 Å². The summed E-state index contributed by atoms with van der Waals surface area (Å²) in [6, 6.07) is 14.6. The number of fused-ring (bicyclic) bond motifs is 1. The van der Waals surface area contributed by atoms with Crippen molar-refractivity contribution in [2.24, 2.45) is 0 Å². The molecule has 0 saturated heterocycles. The molecule has 1 unspecified atom stereocenters. The molecule has 2 heterocycles. The number of nitrogens with zero attached hydrogens (tertiary/aromatic N) is 3. The first-order valence-electron chi connectivity index (χ1n) is 10.6. The van der Waals surface area contributed by atoms with Crippen LogP contribution in [-0.2, 0) is 16.1 Å². The first kappa shape index (κ1) is 21.9. The molecule has 0 aliphatic carbocycles. The van der Waals surface area contributed by atoms with Crippen LogP contribution in [0, 0.1) is 0 Å². The predicted molar refractivity (Wildman–Crippen MR) is 123 cm³/mol. The van der Waals surface area contributed by atoms with Crippen LogP contribution in [0.5, 0.6) is 5.75 Å². The lowest BCUT2D eigenvalue weighted by Crippen LogP contribution is -2.30. The quantitative estimate of drug-likeness (QED) is 0.376. The van der Waals surface area contributed by atoms with E-state index in [-0.39, 0.29) is 5.97 Å². The molecule has 32 heavy (non-hydrogen) atoms. The van der Waals surface area contributed by atoms with Crippen LogP contribution in [0.1, 0.15) is 43.9 Å². The van der Waals surface area contributed by atoms with Crippen molar-refractivity contribution < 1.29 is 14.3 Å². The number of carbonyl (C=O) groups is 1. The number of halogens is 1. The molecule has 0 radical (unpaired) electrons. The maximum Gasteiger partial charge on any atom is 0.338 e. The van der Waals surface area contributed by atoms with Crippen LogP contribution < -0.4 is 10.1 Å². The Kier molecular flexibility index (Phi) is 6.75. The van der Waals surface area contributed by atoms with Gasteiger partial charge >= 0.3 is 5.97 Å². The maximum atomic E-state index is 13.1. The fourth-order valence-corrected chi connectivity index (χ4v) is 3.74. The predicted octanol–water partition coefficient (Wildman–Crippen LogP) is 5.14. The van der Waals surface area contributed by atoms with Gasteiger partial charge in [0.15, 0.2) is 0 Å². The van der Waals surface area contributed by atoms with Crippen LogP contribution in [0.4, 0.5) is 5.95 Å². The van der Waals surface area contributed by atoms with Gasteiger partial charge in [-0.25, -0.2) is 9.48 Å². The number of unbranched alkanes of at least 4 members (excludes halogenated alkanes) is 1. The van der Waals surface area contributed by atoms with Crippen molar-refractivity contribution in [3.63, 3.8) is 0 Å². The highest BCUT2D eigenvalue weighted by atomic mass is 35.5. The molecule has 1 aromatic heterocycles. The van der Waals surface area contributed by atoms with Gasteiger partial charge < -0.3 is 14.8 Å². The number of ether oxygens (including phenoxy) is 2. The Labute approximate surface area is 192 Å². The van der Waals surface area contributed by atoms with Crippen molar-refractivity contribution in [3.05, 3.63) is 82.3 Å². The number of rotatable bonds is 8. The van der Waals surface area contributed by atoms with Crippen molar-refractivity contribution in [2.45, 2.75) is 39.3 Å². The molecule has 8 heteroatoms. The summed E-state index contributed by atoms with van der Waals surface area (Å²) in [4.78, 5) is 17.4. The SMILES string of the molecule is CCCCOC(=O)C1=C(C)Nc2ncnn2C1c1ccccc1OCc1ccc(Cl)cc1. The number of hydrogen-bond donors (Lipinski definition) is 1. The molecule has 3 aromatic rings. The summed E-state index contributed by atoms with van der Waals surface area (Å²) in [7, 11) is 0. The van der Waals surface area contributed by atoms with Crippen LogP contribution in [-0.4, -0.2) is 27.3 Å². The lowest BCUT2D eigenvalue weighted by molar-refractivity contribution is -0.139. The molecule has 1 aliphatic heterocycles. The van der Waals surface area contributed by atoms with Gasteiger partial charge in [-0.05, 0) is 37.1 Å². The van der Waals surface area contributed by atoms with Crippen molar-refractivity contribution in [1.29, 1.82) is 0 Å². The smallest absolute Gasteiger partial charge is 0.338 e. The van der Waals surface area contributed by atoms with Crippen molar-refractivity contribution in [1.82, 2.24) is 14.8 Å². The lowest BCUT2D eigenvalue weighted by atomic mass is 9.95. The molecule has 4 rings (SSSR count). The largest absolute Gasteiger partial charge is 0.489 e. The second-order valence-corrected chi connectivity index (χ2v) is 7.97. The van der Waals surface area contributed by atoms with E-state index < -0.39 is 6.04 Å². The van der Waals surface area contributed by atoms with E-state index in [9.17, 15) is 4.79 Å². The van der Waals surface area contributed by atoms with Crippen molar-refractivity contribution in [3.8, 4) is 5.75 Å². The molecular weight excluding hydrogens is 428 g/mol. The lowest BCUT2D eigenvalue weighted by Gasteiger charge is -2.29. The molecule has 7 nitrogen and oxygen atoms in total. The summed E-state index contributed by atoms with van der Waals surface area (Å²) >= 11 is 5.99. The first-order chi connectivity index (χ1) is 15.6. The molecule has 0 amide bonds. The number of benzene rings is 2. The molecule has 0 bridgehead atoms. The number of allylic oxidation sites excluding steroid dienone is 1. The topological polar surface area (TPSA) is 78.3 Å². The Morgan fingerprint density at radius 2 is 1.97 bits per heavy atom. The molecule has 1 atom stereocenters. The van der Waals surface area contributed by atoms with Crippen molar-refractivity contribution in [2.75, 3.05) is 11.9 Å². The van der Waals surface area contributed by atoms with E-state index in [4.69, 9.17) is 21.1 Å².